The van der Waals surface area contributed by atoms with Gasteiger partial charge in [-0.2, -0.15) is 0 Å². The lowest BCUT2D eigenvalue weighted by molar-refractivity contribution is 0.300. The summed E-state index contributed by atoms with van der Waals surface area (Å²) in [5.74, 6) is 2.11. The van der Waals surface area contributed by atoms with E-state index in [0.29, 0.717) is 5.75 Å². The van der Waals surface area contributed by atoms with E-state index in [-0.39, 0.29) is 0 Å². The van der Waals surface area contributed by atoms with Gasteiger partial charge < -0.3 is 9.84 Å². The van der Waals surface area contributed by atoms with Crippen LogP contribution in [-0.2, 0) is 0 Å². The van der Waals surface area contributed by atoms with Gasteiger partial charge in [-0.3, -0.25) is 0 Å². The summed E-state index contributed by atoms with van der Waals surface area (Å²) in [5, 5.41) is 9.80. The number of aryl methyl sites for hydroxylation is 2. The van der Waals surface area contributed by atoms with Gasteiger partial charge in [0.15, 0.2) is 0 Å². The first-order valence-corrected chi connectivity index (χ1v) is 7.83. The molecular formula is C20H22O2. The van der Waals surface area contributed by atoms with Gasteiger partial charge in [-0.1, -0.05) is 24.3 Å². The van der Waals surface area contributed by atoms with Crippen molar-refractivity contribution in [3.05, 3.63) is 58.7 Å². The number of hydrogen-bond donors (Lipinski definition) is 1. The molecule has 0 bridgehead atoms. The zero-order valence-corrected chi connectivity index (χ0v) is 13.2. The monoisotopic (exact) mass is 294 g/mol. The Bertz CT molecular complexity index is 656. The zero-order chi connectivity index (χ0) is 15.5. The summed E-state index contributed by atoms with van der Waals surface area (Å²) in [6, 6.07) is 12.2. The molecule has 0 heterocycles. The van der Waals surface area contributed by atoms with Crippen molar-refractivity contribution in [3.8, 4) is 11.5 Å². The first-order chi connectivity index (χ1) is 10.6. The molecule has 0 saturated heterocycles. The number of ether oxygens (including phenoxy) is 1. The van der Waals surface area contributed by atoms with Crippen LogP contribution >= 0.6 is 0 Å². The summed E-state index contributed by atoms with van der Waals surface area (Å²) in [7, 11) is 0. The molecule has 0 radical (unpaired) electrons. The van der Waals surface area contributed by atoms with Crippen LogP contribution in [0.25, 0.3) is 12.2 Å². The van der Waals surface area contributed by atoms with Crippen LogP contribution in [0.1, 0.15) is 35.1 Å². The van der Waals surface area contributed by atoms with E-state index in [1.807, 2.05) is 38.1 Å². The molecule has 0 spiro atoms. The first-order valence-electron chi connectivity index (χ1n) is 7.83. The number of phenolic OH excluding ortho intramolecular Hbond substituents is 1. The fourth-order valence-electron chi connectivity index (χ4n) is 2.45. The van der Waals surface area contributed by atoms with Gasteiger partial charge >= 0.3 is 0 Å². The second-order valence-corrected chi connectivity index (χ2v) is 6.16. The van der Waals surface area contributed by atoms with Crippen LogP contribution in [0.2, 0.25) is 0 Å². The second kappa shape index (κ2) is 6.27. The molecule has 22 heavy (non-hydrogen) atoms. The molecule has 1 aliphatic carbocycles. The van der Waals surface area contributed by atoms with E-state index in [4.69, 9.17) is 4.74 Å². The highest BCUT2D eigenvalue weighted by molar-refractivity contribution is 5.71. The van der Waals surface area contributed by atoms with Gasteiger partial charge in [0.25, 0.3) is 0 Å². The standard InChI is InChI=1S/C20H22O2/c1-14-11-18(12-15(2)20(14)21)6-3-16-7-9-19(10-8-16)22-13-17-4-5-17/h3,6-12,17,21H,4-5,13H2,1-2H3/b6-3+. The average Bonchev–Trinajstić information content (AvgIpc) is 3.33. The fourth-order valence-corrected chi connectivity index (χ4v) is 2.45. The lowest BCUT2D eigenvalue weighted by Crippen LogP contribution is -1.98. The summed E-state index contributed by atoms with van der Waals surface area (Å²) < 4.78 is 5.74. The summed E-state index contributed by atoms with van der Waals surface area (Å²) in [5.41, 5.74) is 4.05. The van der Waals surface area contributed by atoms with Crippen LogP contribution in [0, 0.1) is 19.8 Å². The Balaban J connectivity index is 1.66. The van der Waals surface area contributed by atoms with Crippen LogP contribution in [0.4, 0.5) is 0 Å². The van der Waals surface area contributed by atoms with E-state index >= 15 is 0 Å². The molecule has 3 rings (SSSR count). The largest absolute Gasteiger partial charge is 0.507 e. The zero-order valence-electron chi connectivity index (χ0n) is 13.2. The molecule has 0 atom stereocenters. The SMILES string of the molecule is Cc1cc(/C=C/c2ccc(OCC3CC3)cc2)cc(C)c1O. The number of phenols is 1. The van der Waals surface area contributed by atoms with Crippen molar-refractivity contribution in [2.75, 3.05) is 6.61 Å². The Labute approximate surface area is 132 Å². The normalized spacial score (nSPS) is 14.5. The third-order valence-corrected chi connectivity index (χ3v) is 4.04. The maximum absolute atomic E-state index is 9.80. The highest BCUT2D eigenvalue weighted by Crippen LogP contribution is 2.29. The van der Waals surface area contributed by atoms with Crippen molar-refractivity contribution in [2.24, 2.45) is 5.92 Å². The molecule has 0 unspecified atom stereocenters. The van der Waals surface area contributed by atoms with Gasteiger partial charge in [0, 0.05) is 0 Å². The quantitative estimate of drug-likeness (QED) is 0.789. The van der Waals surface area contributed by atoms with E-state index in [2.05, 4.69) is 24.3 Å². The number of rotatable bonds is 5. The van der Waals surface area contributed by atoms with Crippen molar-refractivity contribution >= 4 is 12.2 Å². The van der Waals surface area contributed by atoms with Crippen LogP contribution < -0.4 is 4.74 Å². The molecule has 2 aromatic carbocycles. The van der Waals surface area contributed by atoms with Gasteiger partial charge in [-0.05, 0) is 79.1 Å². The molecule has 2 aromatic rings. The molecule has 2 nitrogen and oxygen atoms in total. The van der Waals surface area contributed by atoms with Crippen molar-refractivity contribution in [1.29, 1.82) is 0 Å². The average molecular weight is 294 g/mol. The molecule has 114 valence electrons. The lowest BCUT2D eigenvalue weighted by atomic mass is 10.0. The minimum atomic E-state index is 0.384. The van der Waals surface area contributed by atoms with Gasteiger partial charge in [-0.25, -0.2) is 0 Å². The van der Waals surface area contributed by atoms with Gasteiger partial charge in [0.05, 0.1) is 6.61 Å². The van der Waals surface area contributed by atoms with Gasteiger partial charge in [-0.15, -0.1) is 0 Å². The minimum absolute atomic E-state index is 0.384. The van der Waals surface area contributed by atoms with E-state index in [1.165, 1.54) is 12.8 Å². The lowest BCUT2D eigenvalue weighted by Gasteiger charge is -2.06. The highest BCUT2D eigenvalue weighted by atomic mass is 16.5. The highest BCUT2D eigenvalue weighted by Gasteiger charge is 2.21. The van der Waals surface area contributed by atoms with Crippen molar-refractivity contribution < 1.29 is 9.84 Å². The third kappa shape index (κ3) is 3.70. The number of benzene rings is 2. The van der Waals surface area contributed by atoms with Gasteiger partial charge in [0.2, 0.25) is 0 Å². The van der Waals surface area contributed by atoms with E-state index in [9.17, 15) is 5.11 Å². The van der Waals surface area contributed by atoms with E-state index in [0.717, 1.165) is 40.5 Å². The smallest absolute Gasteiger partial charge is 0.121 e. The maximum atomic E-state index is 9.80. The van der Waals surface area contributed by atoms with Crippen LogP contribution in [0.3, 0.4) is 0 Å². The summed E-state index contributed by atoms with van der Waals surface area (Å²) in [6.07, 6.45) is 6.77. The fraction of sp³-hybridized carbons (Fsp3) is 0.300. The number of aromatic hydroxyl groups is 1. The van der Waals surface area contributed by atoms with Crippen LogP contribution in [0.5, 0.6) is 11.5 Å². The third-order valence-electron chi connectivity index (χ3n) is 4.04. The molecule has 2 heteroatoms. The first kappa shape index (κ1) is 14.7. The summed E-state index contributed by atoms with van der Waals surface area (Å²) in [4.78, 5) is 0. The topological polar surface area (TPSA) is 29.5 Å². The second-order valence-electron chi connectivity index (χ2n) is 6.16. The summed E-state index contributed by atoms with van der Waals surface area (Å²) in [6.45, 7) is 4.69. The Morgan fingerprint density at radius 1 is 1.00 bits per heavy atom. The molecule has 1 aliphatic rings. The Morgan fingerprint density at radius 2 is 1.59 bits per heavy atom. The van der Waals surface area contributed by atoms with Crippen LogP contribution in [0.15, 0.2) is 36.4 Å². The molecule has 1 saturated carbocycles. The maximum Gasteiger partial charge on any atom is 0.121 e. The van der Waals surface area contributed by atoms with Gasteiger partial charge in [0.1, 0.15) is 11.5 Å². The Kier molecular flexibility index (Phi) is 4.19. The molecular weight excluding hydrogens is 272 g/mol. The summed E-state index contributed by atoms with van der Waals surface area (Å²) >= 11 is 0. The van der Waals surface area contributed by atoms with Crippen LogP contribution in [-0.4, -0.2) is 11.7 Å². The molecule has 0 aliphatic heterocycles. The van der Waals surface area contributed by atoms with Crippen molar-refractivity contribution in [3.63, 3.8) is 0 Å². The molecule has 0 aromatic heterocycles. The molecule has 0 amide bonds. The number of hydrogen-bond acceptors (Lipinski definition) is 2. The van der Waals surface area contributed by atoms with E-state index < -0.39 is 0 Å². The molecule has 1 N–H and O–H groups in total. The predicted octanol–water partition coefficient (Wildman–Crippen LogP) is 4.97. The molecule has 1 fully saturated rings. The van der Waals surface area contributed by atoms with Crippen molar-refractivity contribution in [2.45, 2.75) is 26.7 Å². The Morgan fingerprint density at radius 3 is 2.18 bits per heavy atom. The minimum Gasteiger partial charge on any atom is -0.507 e. The van der Waals surface area contributed by atoms with E-state index in [1.54, 1.807) is 0 Å². The predicted molar refractivity (Wildman–Crippen MR) is 91.2 cm³/mol. The van der Waals surface area contributed by atoms with Crippen molar-refractivity contribution in [1.82, 2.24) is 0 Å². The Hall–Kier alpha value is -2.22.